The number of ether oxygens (including phenoxy) is 1. The summed E-state index contributed by atoms with van der Waals surface area (Å²) in [5.74, 6) is 1.82. The molecular formula is C38H24O. The second kappa shape index (κ2) is 8.72. The third-order valence-corrected chi connectivity index (χ3v) is 7.90. The van der Waals surface area contributed by atoms with E-state index in [1.54, 1.807) is 0 Å². The molecule has 0 saturated heterocycles. The Morgan fingerprint density at radius 2 is 1.00 bits per heavy atom. The second-order valence-corrected chi connectivity index (χ2v) is 10.1. The van der Waals surface area contributed by atoms with E-state index in [9.17, 15) is 0 Å². The second-order valence-electron chi connectivity index (χ2n) is 10.1. The molecule has 1 nitrogen and oxygen atoms in total. The highest BCUT2D eigenvalue weighted by atomic mass is 16.5. The minimum atomic E-state index is 0.910. The Morgan fingerprint density at radius 1 is 0.333 bits per heavy atom. The molecule has 39 heavy (non-hydrogen) atoms. The van der Waals surface area contributed by atoms with Crippen molar-refractivity contribution in [1.82, 2.24) is 0 Å². The lowest BCUT2D eigenvalue weighted by molar-refractivity contribution is 0.487. The average molecular weight is 497 g/mol. The van der Waals surface area contributed by atoms with Crippen LogP contribution in [0.4, 0.5) is 0 Å². The molecule has 7 aromatic carbocycles. The van der Waals surface area contributed by atoms with Gasteiger partial charge in [0.25, 0.3) is 0 Å². The lowest BCUT2D eigenvalue weighted by Crippen LogP contribution is -1.98. The highest BCUT2D eigenvalue weighted by Crippen LogP contribution is 2.50. The first-order chi connectivity index (χ1) is 19.3. The van der Waals surface area contributed by atoms with Crippen LogP contribution in [0.5, 0.6) is 11.5 Å². The molecule has 0 aromatic heterocycles. The van der Waals surface area contributed by atoms with Gasteiger partial charge in [0.15, 0.2) is 0 Å². The van der Waals surface area contributed by atoms with E-state index < -0.39 is 0 Å². The van der Waals surface area contributed by atoms with E-state index >= 15 is 0 Å². The quantitative estimate of drug-likeness (QED) is 0.236. The first kappa shape index (κ1) is 21.9. The monoisotopic (exact) mass is 496 g/mol. The summed E-state index contributed by atoms with van der Waals surface area (Å²) in [5.41, 5.74) is 9.67. The van der Waals surface area contributed by atoms with E-state index in [0.29, 0.717) is 0 Å². The number of para-hydroxylation sites is 1. The number of hydrogen-bond acceptors (Lipinski definition) is 1. The van der Waals surface area contributed by atoms with Crippen molar-refractivity contribution in [1.29, 1.82) is 0 Å². The van der Waals surface area contributed by atoms with Crippen molar-refractivity contribution in [2.75, 3.05) is 0 Å². The Hall–Kier alpha value is -5.14. The number of fused-ring (bicyclic) bond motifs is 3. The average Bonchev–Trinajstić information content (AvgIpc) is 3.01. The Morgan fingerprint density at radius 3 is 1.95 bits per heavy atom. The van der Waals surface area contributed by atoms with E-state index in [2.05, 4.69) is 133 Å². The van der Waals surface area contributed by atoms with Crippen molar-refractivity contribution in [3.05, 3.63) is 146 Å². The van der Waals surface area contributed by atoms with Gasteiger partial charge in [0, 0.05) is 10.9 Å². The fourth-order valence-electron chi connectivity index (χ4n) is 6.09. The van der Waals surface area contributed by atoms with Crippen LogP contribution in [-0.4, -0.2) is 0 Å². The van der Waals surface area contributed by atoms with Crippen LogP contribution >= 0.6 is 0 Å². The molecule has 7 aromatic rings. The Balaban J connectivity index is 1.44. The van der Waals surface area contributed by atoms with Gasteiger partial charge in [0.2, 0.25) is 0 Å². The maximum Gasteiger partial charge on any atom is 0.135 e. The molecular weight excluding hydrogens is 472 g/mol. The maximum absolute atomic E-state index is 6.41. The van der Waals surface area contributed by atoms with E-state index in [1.165, 1.54) is 60.5 Å². The molecule has 0 bridgehead atoms. The molecule has 0 amide bonds. The van der Waals surface area contributed by atoms with Gasteiger partial charge in [-0.2, -0.15) is 0 Å². The summed E-state index contributed by atoms with van der Waals surface area (Å²) >= 11 is 0. The summed E-state index contributed by atoms with van der Waals surface area (Å²) in [4.78, 5) is 0. The van der Waals surface area contributed by atoms with Crippen molar-refractivity contribution in [2.45, 2.75) is 0 Å². The number of rotatable bonds is 3. The van der Waals surface area contributed by atoms with Gasteiger partial charge >= 0.3 is 0 Å². The molecule has 0 unspecified atom stereocenters. The van der Waals surface area contributed by atoms with Gasteiger partial charge in [-0.3, -0.25) is 0 Å². The topological polar surface area (TPSA) is 9.23 Å². The SMILES string of the molecule is c1ccc(-c2ccc(-c3cccc4ccccc34)c(-c3ccc4c5c(cccc35)-c3ccccc3O4)c2)cc1. The van der Waals surface area contributed by atoms with Gasteiger partial charge in [-0.05, 0) is 73.3 Å². The van der Waals surface area contributed by atoms with Crippen LogP contribution in [0.15, 0.2) is 146 Å². The minimum absolute atomic E-state index is 0.910. The lowest BCUT2D eigenvalue weighted by Gasteiger charge is -2.23. The molecule has 0 N–H and O–H groups in total. The van der Waals surface area contributed by atoms with Crippen LogP contribution in [0.3, 0.4) is 0 Å². The van der Waals surface area contributed by atoms with Crippen LogP contribution in [0.1, 0.15) is 0 Å². The molecule has 0 atom stereocenters. The third-order valence-electron chi connectivity index (χ3n) is 7.90. The van der Waals surface area contributed by atoms with Crippen molar-refractivity contribution in [3.63, 3.8) is 0 Å². The molecule has 0 radical (unpaired) electrons. The van der Waals surface area contributed by atoms with Gasteiger partial charge in [0.1, 0.15) is 11.5 Å². The molecule has 1 aliphatic rings. The Labute approximate surface area is 227 Å². The van der Waals surface area contributed by atoms with Crippen LogP contribution in [0.2, 0.25) is 0 Å². The minimum Gasteiger partial charge on any atom is -0.456 e. The predicted octanol–water partition coefficient (Wildman–Crippen LogP) is 10.8. The highest BCUT2D eigenvalue weighted by Gasteiger charge is 2.22. The Bertz CT molecular complexity index is 2030. The van der Waals surface area contributed by atoms with Crippen molar-refractivity contribution < 1.29 is 4.74 Å². The first-order valence-corrected chi connectivity index (χ1v) is 13.4. The summed E-state index contributed by atoms with van der Waals surface area (Å²) in [6, 6.07) is 52.1. The normalized spacial score (nSPS) is 11.8. The summed E-state index contributed by atoms with van der Waals surface area (Å²) < 4.78 is 6.41. The zero-order valence-electron chi connectivity index (χ0n) is 21.3. The van der Waals surface area contributed by atoms with Crippen LogP contribution < -0.4 is 4.74 Å². The zero-order chi connectivity index (χ0) is 25.8. The van der Waals surface area contributed by atoms with E-state index in [4.69, 9.17) is 4.74 Å². The third kappa shape index (κ3) is 3.48. The van der Waals surface area contributed by atoms with Gasteiger partial charge in [-0.25, -0.2) is 0 Å². The number of benzene rings is 7. The summed E-state index contributed by atoms with van der Waals surface area (Å²) in [7, 11) is 0. The first-order valence-electron chi connectivity index (χ1n) is 13.4. The van der Waals surface area contributed by atoms with E-state index in [0.717, 1.165) is 17.1 Å². The summed E-state index contributed by atoms with van der Waals surface area (Å²) in [5, 5.41) is 4.87. The zero-order valence-corrected chi connectivity index (χ0v) is 21.3. The predicted molar refractivity (Wildman–Crippen MR) is 163 cm³/mol. The highest BCUT2D eigenvalue weighted by molar-refractivity contribution is 6.12. The molecule has 1 aliphatic heterocycles. The number of hydrogen-bond donors (Lipinski definition) is 0. The van der Waals surface area contributed by atoms with E-state index in [1.807, 2.05) is 12.1 Å². The summed E-state index contributed by atoms with van der Waals surface area (Å²) in [6.07, 6.45) is 0. The molecule has 0 fully saturated rings. The van der Waals surface area contributed by atoms with Crippen LogP contribution in [-0.2, 0) is 0 Å². The molecule has 0 spiro atoms. The van der Waals surface area contributed by atoms with Gasteiger partial charge in [-0.15, -0.1) is 0 Å². The van der Waals surface area contributed by atoms with Crippen LogP contribution in [0.25, 0.3) is 66.1 Å². The molecule has 1 heteroatoms. The molecule has 0 saturated carbocycles. The summed E-state index contributed by atoms with van der Waals surface area (Å²) in [6.45, 7) is 0. The van der Waals surface area contributed by atoms with Gasteiger partial charge in [-0.1, -0.05) is 127 Å². The molecule has 0 aliphatic carbocycles. The smallest absolute Gasteiger partial charge is 0.135 e. The van der Waals surface area contributed by atoms with Crippen LogP contribution in [0, 0.1) is 0 Å². The fraction of sp³-hybridized carbons (Fsp3) is 0. The molecule has 8 rings (SSSR count). The van der Waals surface area contributed by atoms with Crippen molar-refractivity contribution >= 4 is 21.5 Å². The lowest BCUT2D eigenvalue weighted by atomic mass is 9.85. The van der Waals surface area contributed by atoms with Crippen molar-refractivity contribution in [3.8, 4) is 56.0 Å². The standard InChI is InChI=1S/C38H24O/c1-2-10-25(11-3-1)27-20-21-30(29-16-8-13-26-12-4-5-14-28(26)29)35(24-27)31-22-23-37-38-33(31)17-9-18-34(38)32-15-6-7-19-36(32)39-37/h1-24H. The maximum atomic E-state index is 6.41. The van der Waals surface area contributed by atoms with Gasteiger partial charge < -0.3 is 4.74 Å². The fourth-order valence-corrected chi connectivity index (χ4v) is 6.09. The van der Waals surface area contributed by atoms with Crippen molar-refractivity contribution in [2.24, 2.45) is 0 Å². The Kier molecular flexibility index (Phi) is 4.89. The van der Waals surface area contributed by atoms with Gasteiger partial charge in [0.05, 0.1) is 0 Å². The largest absolute Gasteiger partial charge is 0.456 e. The molecule has 182 valence electrons. The van der Waals surface area contributed by atoms with E-state index in [-0.39, 0.29) is 0 Å². The molecule has 1 heterocycles.